The van der Waals surface area contributed by atoms with E-state index < -0.39 is 0 Å². The van der Waals surface area contributed by atoms with Gasteiger partial charge in [-0.2, -0.15) is 11.8 Å². The third-order valence-corrected chi connectivity index (χ3v) is 3.29. The maximum absolute atomic E-state index is 5.87. The van der Waals surface area contributed by atoms with E-state index in [4.69, 9.17) is 11.6 Å². The maximum atomic E-state index is 5.87. The van der Waals surface area contributed by atoms with Crippen molar-refractivity contribution in [3.8, 4) is 0 Å². The zero-order valence-electron chi connectivity index (χ0n) is 8.87. The van der Waals surface area contributed by atoms with Gasteiger partial charge >= 0.3 is 0 Å². The van der Waals surface area contributed by atoms with Crippen molar-refractivity contribution in [2.45, 2.75) is 6.54 Å². The summed E-state index contributed by atoms with van der Waals surface area (Å²) in [6, 6.07) is 0. The molecule has 1 aromatic rings. The summed E-state index contributed by atoms with van der Waals surface area (Å²) in [6.07, 6.45) is 3.59. The summed E-state index contributed by atoms with van der Waals surface area (Å²) in [7, 11) is 1.92. The predicted molar refractivity (Wildman–Crippen MR) is 67.4 cm³/mol. The number of aromatic nitrogens is 2. The van der Waals surface area contributed by atoms with E-state index in [-0.39, 0.29) is 0 Å². The highest BCUT2D eigenvalue weighted by Gasteiger charge is 2.02. The Bertz CT molecular complexity index is 312. The van der Waals surface area contributed by atoms with E-state index in [0.717, 1.165) is 30.4 Å². The minimum absolute atomic E-state index is 0.674. The molecule has 0 atom stereocenters. The smallest absolute Gasteiger partial charge is 0.128 e. The van der Waals surface area contributed by atoms with Crippen LogP contribution in [0.15, 0.2) is 18.9 Å². The van der Waals surface area contributed by atoms with Crippen LogP contribution in [-0.4, -0.2) is 27.6 Å². The topological polar surface area (TPSA) is 29.9 Å². The van der Waals surface area contributed by atoms with Gasteiger partial charge in [0.25, 0.3) is 0 Å². The number of halogens is 1. The largest absolute Gasteiger partial charge is 0.321 e. The van der Waals surface area contributed by atoms with Gasteiger partial charge < -0.3 is 9.88 Å². The lowest BCUT2D eigenvalue weighted by Gasteiger charge is -2.04. The fourth-order valence-corrected chi connectivity index (χ4v) is 1.87. The van der Waals surface area contributed by atoms with Gasteiger partial charge in [-0.3, -0.25) is 0 Å². The first kappa shape index (κ1) is 12.6. The Balaban J connectivity index is 2.15. The van der Waals surface area contributed by atoms with Gasteiger partial charge in [0.1, 0.15) is 11.0 Å². The van der Waals surface area contributed by atoms with Gasteiger partial charge in [0.2, 0.25) is 0 Å². The Kier molecular flexibility index (Phi) is 5.83. The van der Waals surface area contributed by atoms with E-state index in [0.29, 0.717) is 5.15 Å². The first-order valence-corrected chi connectivity index (χ1v) is 6.34. The summed E-state index contributed by atoms with van der Waals surface area (Å²) < 4.78 is 1.88. The number of hydrogen-bond acceptors (Lipinski definition) is 3. The zero-order valence-corrected chi connectivity index (χ0v) is 10.4. The first-order chi connectivity index (χ1) is 7.25. The second kappa shape index (κ2) is 6.93. The molecule has 1 heterocycles. The van der Waals surface area contributed by atoms with Crippen molar-refractivity contribution in [1.82, 2.24) is 14.9 Å². The zero-order chi connectivity index (χ0) is 11.1. The van der Waals surface area contributed by atoms with Crippen LogP contribution in [0.3, 0.4) is 0 Å². The molecular formula is C10H16ClN3S. The van der Waals surface area contributed by atoms with Crippen molar-refractivity contribution in [3.63, 3.8) is 0 Å². The molecule has 0 aromatic carbocycles. The van der Waals surface area contributed by atoms with E-state index in [1.165, 1.54) is 0 Å². The molecule has 0 bridgehead atoms. The molecule has 0 amide bonds. The van der Waals surface area contributed by atoms with Gasteiger partial charge in [0.15, 0.2) is 0 Å². The van der Waals surface area contributed by atoms with Gasteiger partial charge in [-0.05, 0) is 0 Å². The standard InChI is InChI=1S/C10H16ClN3S/c1-3-5-15-6-4-12-8-10-13-7-9(11)14(10)2/h3,7,12H,1,4-6,8H2,2H3. The predicted octanol–water partition coefficient (Wildman–Crippen LogP) is 2.08. The van der Waals surface area contributed by atoms with Crippen molar-refractivity contribution in [1.29, 1.82) is 0 Å². The van der Waals surface area contributed by atoms with Crippen LogP contribution in [0.5, 0.6) is 0 Å². The normalized spacial score (nSPS) is 10.5. The molecule has 0 saturated carbocycles. The van der Waals surface area contributed by atoms with E-state index >= 15 is 0 Å². The summed E-state index contributed by atoms with van der Waals surface area (Å²) in [5.41, 5.74) is 0. The second-order valence-corrected chi connectivity index (χ2v) is 4.63. The molecule has 1 aromatic heterocycles. The number of hydrogen-bond donors (Lipinski definition) is 1. The van der Waals surface area contributed by atoms with E-state index in [9.17, 15) is 0 Å². The van der Waals surface area contributed by atoms with Gasteiger partial charge in [-0.1, -0.05) is 17.7 Å². The molecule has 5 heteroatoms. The Morgan fingerprint density at radius 1 is 1.73 bits per heavy atom. The number of nitrogens with one attached hydrogen (secondary N) is 1. The molecule has 1 rings (SSSR count). The Hall–Kier alpha value is -0.450. The molecule has 0 spiro atoms. The molecule has 0 saturated heterocycles. The summed E-state index contributed by atoms with van der Waals surface area (Å²) in [5, 5.41) is 3.99. The van der Waals surface area contributed by atoms with Gasteiger partial charge in [-0.25, -0.2) is 4.98 Å². The average Bonchev–Trinajstić information content (AvgIpc) is 2.54. The number of rotatable bonds is 7. The number of imidazole rings is 1. The van der Waals surface area contributed by atoms with Crippen LogP contribution in [0.4, 0.5) is 0 Å². The molecule has 0 unspecified atom stereocenters. The molecule has 1 N–H and O–H groups in total. The SMILES string of the molecule is C=CCSCCNCc1ncc(Cl)n1C. The molecule has 0 aliphatic carbocycles. The average molecular weight is 246 g/mol. The van der Waals surface area contributed by atoms with Crippen LogP contribution in [-0.2, 0) is 13.6 Å². The van der Waals surface area contributed by atoms with Crippen LogP contribution in [0.1, 0.15) is 5.82 Å². The molecule has 84 valence electrons. The summed E-state index contributed by atoms with van der Waals surface area (Å²) in [5.74, 6) is 3.06. The van der Waals surface area contributed by atoms with Crippen LogP contribution in [0.25, 0.3) is 0 Å². The molecular weight excluding hydrogens is 230 g/mol. The van der Waals surface area contributed by atoms with Gasteiger partial charge in [-0.15, -0.1) is 6.58 Å². The molecule has 3 nitrogen and oxygen atoms in total. The minimum atomic E-state index is 0.674. The summed E-state index contributed by atoms with van der Waals surface area (Å²) in [6.45, 7) is 5.41. The molecule has 15 heavy (non-hydrogen) atoms. The van der Waals surface area contributed by atoms with Crippen molar-refractivity contribution in [2.24, 2.45) is 7.05 Å². The lowest BCUT2D eigenvalue weighted by Crippen LogP contribution is -2.19. The molecule has 0 aliphatic rings. The van der Waals surface area contributed by atoms with Crippen LogP contribution < -0.4 is 5.32 Å². The second-order valence-electron chi connectivity index (χ2n) is 3.10. The van der Waals surface area contributed by atoms with Crippen molar-refractivity contribution >= 4 is 23.4 Å². The third kappa shape index (κ3) is 4.28. The van der Waals surface area contributed by atoms with E-state index in [1.807, 2.05) is 29.5 Å². The number of thioether (sulfide) groups is 1. The van der Waals surface area contributed by atoms with Crippen molar-refractivity contribution in [2.75, 3.05) is 18.1 Å². The van der Waals surface area contributed by atoms with Crippen LogP contribution in [0, 0.1) is 0 Å². The highest BCUT2D eigenvalue weighted by Crippen LogP contribution is 2.08. The van der Waals surface area contributed by atoms with E-state index in [1.54, 1.807) is 6.20 Å². The van der Waals surface area contributed by atoms with Gasteiger partial charge in [0, 0.05) is 25.1 Å². The summed E-state index contributed by atoms with van der Waals surface area (Å²) in [4.78, 5) is 4.19. The molecule has 0 radical (unpaired) electrons. The van der Waals surface area contributed by atoms with Crippen molar-refractivity contribution < 1.29 is 0 Å². The van der Waals surface area contributed by atoms with E-state index in [2.05, 4.69) is 16.9 Å². The Labute approximate surface area is 99.9 Å². The quantitative estimate of drug-likeness (QED) is 0.589. The maximum Gasteiger partial charge on any atom is 0.128 e. The highest BCUT2D eigenvalue weighted by molar-refractivity contribution is 7.99. The third-order valence-electron chi connectivity index (χ3n) is 1.97. The monoisotopic (exact) mass is 245 g/mol. The minimum Gasteiger partial charge on any atom is -0.321 e. The molecule has 0 fully saturated rings. The highest BCUT2D eigenvalue weighted by atomic mass is 35.5. The number of nitrogens with zero attached hydrogens (tertiary/aromatic N) is 2. The lowest BCUT2D eigenvalue weighted by atomic mass is 10.5. The molecule has 0 aliphatic heterocycles. The van der Waals surface area contributed by atoms with Crippen LogP contribution >= 0.6 is 23.4 Å². The van der Waals surface area contributed by atoms with Gasteiger partial charge in [0.05, 0.1) is 12.7 Å². The first-order valence-electron chi connectivity index (χ1n) is 4.81. The fourth-order valence-electron chi connectivity index (χ4n) is 1.10. The Morgan fingerprint density at radius 2 is 2.53 bits per heavy atom. The summed E-state index contributed by atoms with van der Waals surface area (Å²) >= 11 is 7.73. The van der Waals surface area contributed by atoms with Crippen LogP contribution in [0.2, 0.25) is 5.15 Å². The Morgan fingerprint density at radius 3 is 3.13 bits per heavy atom. The fraction of sp³-hybridized carbons (Fsp3) is 0.500. The van der Waals surface area contributed by atoms with Crippen molar-refractivity contribution in [3.05, 3.63) is 29.8 Å². The lowest BCUT2D eigenvalue weighted by molar-refractivity contribution is 0.665.